The molecule has 0 N–H and O–H groups in total. The van der Waals surface area contributed by atoms with Gasteiger partial charge in [-0.05, 0) is 29.7 Å². The average molecular weight is 288 g/mol. The molecular weight excluding hydrogens is 273 g/mol. The third kappa shape index (κ3) is 4.95. The van der Waals surface area contributed by atoms with Crippen LogP contribution in [-0.2, 0) is 9.53 Å². The van der Waals surface area contributed by atoms with Crippen molar-refractivity contribution in [3.63, 3.8) is 0 Å². The Bertz CT molecular complexity index is 505. The first-order valence-corrected chi connectivity index (χ1v) is 5.88. The maximum atomic E-state index is 12.3. The van der Waals surface area contributed by atoms with E-state index in [0.717, 1.165) is 11.6 Å². The van der Waals surface area contributed by atoms with Gasteiger partial charge in [0.1, 0.15) is 5.75 Å². The summed E-state index contributed by atoms with van der Waals surface area (Å²) in [6, 6.07) is 4.34. The zero-order chi connectivity index (χ0) is 15.3. The SMILES string of the molecule is COC(=O)/C=C\c1cc(C(C)C)ccc1OC(F)(F)F. The van der Waals surface area contributed by atoms with Crippen molar-refractivity contribution >= 4 is 12.0 Å². The molecule has 0 bridgehead atoms. The van der Waals surface area contributed by atoms with Crippen LogP contribution in [0.15, 0.2) is 24.3 Å². The van der Waals surface area contributed by atoms with Crippen molar-refractivity contribution in [2.45, 2.75) is 26.1 Å². The number of methoxy groups -OCH3 is 1. The molecule has 3 nitrogen and oxygen atoms in total. The highest BCUT2D eigenvalue weighted by atomic mass is 19.4. The molecule has 0 atom stereocenters. The molecule has 0 fully saturated rings. The van der Waals surface area contributed by atoms with Crippen LogP contribution in [0.25, 0.3) is 6.08 Å². The Morgan fingerprint density at radius 1 is 1.30 bits per heavy atom. The summed E-state index contributed by atoms with van der Waals surface area (Å²) in [5.41, 5.74) is 1.00. The fourth-order valence-corrected chi connectivity index (χ4v) is 1.50. The minimum atomic E-state index is -4.78. The van der Waals surface area contributed by atoms with Gasteiger partial charge < -0.3 is 9.47 Å². The van der Waals surface area contributed by atoms with Crippen LogP contribution in [0.4, 0.5) is 13.2 Å². The summed E-state index contributed by atoms with van der Waals surface area (Å²) in [6.07, 6.45) is -2.51. The molecule has 0 aliphatic carbocycles. The lowest BCUT2D eigenvalue weighted by atomic mass is 10.00. The summed E-state index contributed by atoms with van der Waals surface area (Å²) in [5.74, 6) is -0.875. The summed E-state index contributed by atoms with van der Waals surface area (Å²) >= 11 is 0. The van der Waals surface area contributed by atoms with Crippen molar-refractivity contribution in [2.24, 2.45) is 0 Å². The molecule has 1 aromatic rings. The standard InChI is InChI=1S/C14H15F3O3/c1-9(2)10-4-6-12(20-14(15,16)17)11(8-10)5-7-13(18)19-3/h4-9H,1-3H3/b7-5-. The van der Waals surface area contributed by atoms with Crippen molar-refractivity contribution in [3.05, 3.63) is 35.4 Å². The smallest absolute Gasteiger partial charge is 0.466 e. The second-order valence-electron chi connectivity index (χ2n) is 4.36. The van der Waals surface area contributed by atoms with Gasteiger partial charge in [0.15, 0.2) is 0 Å². The van der Waals surface area contributed by atoms with E-state index in [1.807, 2.05) is 13.8 Å². The summed E-state index contributed by atoms with van der Waals surface area (Å²) < 4.78 is 45.3. The summed E-state index contributed by atoms with van der Waals surface area (Å²) in [7, 11) is 1.18. The van der Waals surface area contributed by atoms with Crippen molar-refractivity contribution in [1.29, 1.82) is 0 Å². The molecule has 0 amide bonds. The topological polar surface area (TPSA) is 35.5 Å². The van der Waals surface area contributed by atoms with Gasteiger partial charge in [-0.1, -0.05) is 19.9 Å². The van der Waals surface area contributed by atoms with Crippen LogP contribution >= 0.6 is 0 Å². The molecule has 1 aromatic carbocycles. The van der Waals surface area contributed by atoms with E-state index in [-0.39, 0.29) is 17.2 Å². The largest absolute Gasteiger partial charge is 0.573 e. The number of carbonyl (C=O) groups is 1. The minimum Gasteiger partial charge on any atom is -0.466 e. The predicted molar refractivity (Wildman–Crippen MR) is 68.3 cm³/mol. The first-order chi connectivity index (χ1) is 9.23. The van der Waals surface area contributed by atoms with Crippen molar-refractivity contribution < 1.29 is 27.4 Å². The number of esters is 1. The molecule has 0 aromatic heterocycles. The van der Waals surface area contributed by atoms with Gasteiger partial charge in [0.05, 0.1) is 7.11 Å². The zero-order valence-corrected chi connectivity index (χ0v) is 11.3. The molecule has 0 saturated carbocycles. The lowest BCUT2D eigenvalue weighted by molar-refractivity contribution is -0.274. The second-order valence-corrected chi connectivity index (χ2v) is 4.36. The highest BCUT2D eigenvalue weighted by Crippen LogP contribution is 2.30. The fraction of sp³-hybridized carbons (Fsp3) is 0.357. The van der Waals surface area contributed by atoms with E-state index in [9.17, 15) is 18.0 Å². The molecule has 0 saturated heterocycles. The van der Waals surface area contributed by atoms with Crippen LogP contribution in [-0.4, -0.2) is 19.4 Å². The van der Waals surface area contributed by atoms with E-state index >= 15 is 0 Å². The Kier molecular flexibility index (Phi) is 5.19. The third-order valence-electron chi connectivity index (χ3n) is 2.53. The number of halogens is 3. The normalized spacial score (nSPS) is 11.9. The van der Waals surface area contributed by atoms with Crippen molar-refractivity contribution in [3.8, 4) is 5.75 Å². The van der Waals surface area contributed by atoms with E-state index < -0.39 is 12.3 Å². The third-order valence-corrected chi connectivity index (χ3v) is 2.53. The Balaban J connectivity index is 3.16. The number of hydrogen-bond acceptors (Lipinski definition) is 3. The number of hydrogen-bond donors (Lipinski definition) is 0. The average Bonchev–Trinajstić information content (AvgIpc) is 2.35. The molecule has 20 heavy (non-hydrogen) atoms. The molecule has 0 aliphatic rings. The molecular formula is C14H15F3O3. The van der Waals surface area contributed by atoms with Gasteiger partial charge in [0.2, 0.25) is 0 Å². The van der Waals surface area contributed by atoms with Gasteiger partial charge in [-0.3, -0.25) is 0 Å². The van der Waals surface area contributed by atoms with Crippen LogP contribution in [0.2, 0.25) is 0 Å². The van der Waals surface area contributed by atoms with E-state index in [1.165, 1.54) is 19.3 Å². The maximum absolute atomic E-state index is 12.3. The van der Waals surface area contributed by atoms with Gasteiger partial charge in [0.25, 0.3) is 0 Å². The molecule has 0 radical (unpaired) electrons. The van der Waals surface area contributed by atoms with Gasteiger partial charge >= 0.3 is 12.3 Å². The Hall–Kier alpha value is -1.98. The van der Waals surface area contributed by atoms with E-state index in [0.29, 0.717) is 0 Å². The molecule has 0 spiro atoms. The van der Waals surface area contributed by atoms with Crippen molar-refractivity contribution in [1.82, 2.24) is 0 Å². The quantitative estimate of drug-likeness (QED) is 0.622. The summed E-state index contributed by atoms with van der Waals surface area (Å²) in [5, 5.41) is 0. The summed E-state index contributed by atoms with van der Waals surface area (Å²) in [4.78, 5) is 11.0. The predicted octanol–water partition coefficient (Wildman–Crippen LogP) is 3.89. The molecule has 1 rings (SSSR count). The highest BCUT2D eigenvalue weighted by molar-refractivity contribution is 5.87. The van der Waals surface area contributed by atoms with Crippen molar-refractivity contribution in [2.75, 3.05) is 7.11 Å². The van der Waals surface area contributed by atoms with Gasteiger partial charge in [0, 0.05) is 11.6 Å². The molecule has 110 valence electrons. The molecule has 0 aliphatic heterocycles. The zero-order valence-electron chi connectivity index (χ0n) is 11.3. The monoisotopic (exact) mass is 288 g/mol. The van der Waals surface area contributed by atoms with Crippen LogP contribution in [0.5, 0.6) is 5.75 Å². The number of ether oxygens (including phenoxy) is 2. The summed E-state index contributed by atoms with van der Waals surface area (Å²) in [6.45, 7) is 3.82. The van der Waals surface area contributed by atoms with E-state index in [1.54, 1.807) is 12.1 Å². The maximum Gasteiger partial charge on any atom is 0.573 e. The van der Waals surface area contributed by atoms with E-state index in [4.69, 9.17) is 0 Å². The van der Waals surface area contributed by atoms with Crippen LogP contribution in [0, 0.1) is 0 Å². The fourth-order valence-electron chi connectivity index (χ4n) is 1.50. The van der Waals surface area contributed by atoms with Gasteiger partial charge in [-0.25, -0.2) is 4.79 Å². The minimum absolute atomic E-state index is 0.139. The van der Waals surface area contributed by atoms with Gasteiger partial charge in [-0.2, -0.15) is 0 Å². The number of carbonyl (C=O) groups excluding carboxylic acids is 1. The highest BCUT2D eigenvalue weighted by Gasteiger charge is 2.31. The first-order valence-electron chi connectivity index (χ1n) is 5.88. The number of benzene rings is 1. The second kappa shape index (κ2) is 6.45. The van der Waals surface area contributed by atoms with E-state index in [2.05, 4.69) is 9.47 Å². The number of alkyl halides is 3. The first kappa shape index (κ1) is 16.1. The Morgan fingerprint density at radius 2 is 1.95 bits per heavy atom. The van der Waals surface area contributed by atoms with Gasteiger partial charge in [-0.15, -0.1) is 13.2 Å². The molecule has 0 unspecified atom stereocenters. The molecule has 6 heteroatoms. The Labute approximate surface area is 115 Å². The van der Waals surface area contributed by atoms with Crippen LogP contribution in [0.1, 0.15) is 30.9 Å². The van der Waals surface area contributed by atoms with Crippen LogP contribution < -0.4 is 4.74 Å². The lowest BCUT2D eigenvalue weighted by Crippen LogP contribution is -2.17. The molecule has 0 heterocycles. The lowest BCUT2D eigenvalue weighted by Gasteiger charge is -2.14. The number of rotatable bonds is 4. The van der Waals surface area contributed by atoms with Crippen LogP contribution in [0.3, 0.4) is 0 Å². The Morgan fingerprint density at radius 3 is 2.45 bits per heavy atom.